The van der Waals surface area contributed by atoms with Gasteiger partial charge in [-0.2, -0.15) is 13.2 Å². The molecule has 0 saturated heterocycles. The number of alkyl halides is 3. The number of rotatable bonds is 6. The third kappa shape index (κ3) is 5.27. The second-order valence-electron chi connectivity index (χ2n) is 3.65. The van der Waals surface area contributed by atoms with E-state index in [4.69, 9.17) is 4.74 Å². The van der Waals surface area contributed by atoms with Crippen molar-refractivity contribution in [1.82, 2.24) is 0 Å². The van der Waals surface area contributed by atoms with E-state index in [1.807, 2.05) is 0 Å². The van der Waals surface area contributed by atoms with Gasteiger partial charge in [-0.3, -0.25) is 0 Å². The van der Waals surface area contributed by atoms with Crippen LogP contribution in [0.4, 0.5) is 13.2 Å². The fraction of sp³-hybridized carbons (Fsp3) is 0.500. The Balaban J connectivity index is 2.45. The maximum absolute atomic E-state index is 11.8. The van der Waals surface area contributed by atoms with Crippen molar-refractivity contribution in [2.24, 2.45) is 0 Å². The van der Waals surface area contributed by atoms with Crippen molar-refractivity contribution in [1.29, 1.82) is 0 Å². The second-order valence-corrected chi connectivity index (χ2v) is 3.65. The van der Waals surface area contributed by atoms with Crippen molar-refractivity contribution in [3.05, 3.63) is 23.8 Å². The topological polar surface area (TPSA) is 38.7 Å². The molecule has 3 nitrogen and oxygen atoms in total. The molecule has 0 bridgehead atoms. The van der Waals surface area contributed by atoms with Crippen LogP contribution >= 0.6 is 0 Å². The number of hydrogen-bond donors (Lipinski definition) is 1. The van der Waals surface area contributed by atoms with E-state index in [-0.39, 0.29) is 12.4 Å². The summed E-state index contributed by atoms with van der Waals surface area (Å²) in [6.45, 7) is 0.902. The van der Waals surface area contributed by atoms with Gasteiger partial charge < -0.3 is 14.6 Å². The fourth-order valence-corrected chi connectivity index (χ4v) is 1.36. The molecule has 0 aliphatic carbocycles. The summed E-state index contributed by atoms with van der Waals surface area (Å²) in [4.78, 5) is 0. The Labute approximate surface area is 103 Å². The first kappa shape index (κ1) is 14.6. The van der Waals surface area contributed by atoms with E-state index < -0.39 is 12.8 Å². The zero-order valence-corrected chi connectivity index (χ0v) is 9.96. The lowest BCUT2D eigenvalue weighted by atomic mass is 10.1. The molecule has 0 aromatic heterocycles. The van der Waals surface area contributed by atoms with E-state index in [2.05, 4.69) is 4.74 Å². The number of ether oxygens (including phenoxy) is 2. The van der Waals surface area contributed by atoms with Gasteiger partial charge in [-0.1, -0.05) is 6.07 Å². The van der Waals surface area contributed by atoms with Crippen LogP contribution in [0.15, 0.2) is 18.2 Å². The Hall–Kier alpha value is -1.43. The third-order valence-corrected chi connectivity index (χ3v) is 2.12. The maximum Gasteiger partial charge on any atom is 0.411 e. The van der Waals surface area contributed by atoms with E-state index in [1.165, 1.54) is 6.07 Å². The minimum Gasteiger partial charge on any atom is -0.504 e. The molecule has 0 saturated carbocycles. The number of aromatic hydroxyl groups is 1. The van der Waals surface area contributed by atoms with Gasteiger partial charge in [0, 0.05) is 0 Å². The summed E-state index contributed by atoms with van der Waals surface area (Å²) in [6.07, 6.45) is -3.97. The van der Waals surface area contributed by atoms with Crippen LogP contribution in [0.2, 0.25) is 0 Å². The Morgan fingerprint density at radius 2 is 2.00 bits per heavy atom. The van der Waals surface area contributed by atoms with Gasteiger partial charge in [0.2, 0.25) is 0 Å². The molecule has 0 atom stereocenters. The number of hydrogen-bond acceptors (Lipinski definition) is 3. The van der Waals surface area contributed by atoms with Crippen LogP contribution in [0.5, 0.6) is 11.5 Å². The summed E-state index contributed by atoms with van der Waals surface area (Å²) in [7, 11) is 0. The van der Waals surface area contributed by atoms with Crippen molar-refractivity contribution >= 4 is 0 Å². The summed E-state index contributed by atoms with van der Waals surface area (Å²) in [6, 6.07) is 4.66. The van der Waals surface area contributed by atoms with Crippen molar-refractivity contribution in [3.63, 3.8) is 0 Å². The summed E-state index contributed by atoms with van der Waals surface area (Å²) < 4.78 is 45.1. The molecule has 0 heterocycles. The molecular formula is C12H15F3O3. The average molecular weight is 264 g/mol. The maximum atomic E-state index is 11.8. The number of phenolic OH excluding ortho intramolecular Hbond substituents is 1. The first-order valence-electron chi connectivity index (χ1n) is 5.51. The Bertz CT molecular complexity index is 377. The highest BCUT2D eigenvalue weighted by atomic mass is 19.4. The summed E-state index contributed by atoms with van der Waals surface area (Å²) >= 11 is 0. The summed E-state index contributed by atoms with van der Waals surface area (Å²) in [5.41, 5.74) is 0.749. The number of halogens is 3. The molecular weight excluding hydrogens is 249 g/mol. The van der Waals surface area contributed by atoms with Crippen molar-refractivity contribution in [3.8, 4) is 11.5 Å². The molecule has 1 rings (SSSR count). The van der Waals surface area contributed by atoms with Gasteiger partial charge in [0.1, 0.15) is 6.61 Å². The normalized spacial score (nSPS) is 11.6. The Kier molecular flexibility index (Phi) is 5.27. The summed E-state index contributed by atoms with van der Waals surface area (Å²) in [5.74, 6) is 0.336. The molecule has 0 aliphatic heterocycles. The van der Waals surface area contributed by atoms with Gasteiger partial charge in [-0.15, -0.1) is 0 Å². The quantitative estimate of drug-likeness (QED) is 0.803. The van der Waals surface area contributed by atoms with Gasteiger partial charge in [0.25, 0.3) is 0 Å². The van der Waals surface area contributed by atoms with Crippen LogP contribution in [0.25, 0.3) is 0 Å². The van der Waals surface area contributed by atoms with Crippen LogP contribution in [0, 0.1) is 0 Å². The highest BCUT2D eigenvalue weighted by molar-refractivity contribution is 5.41. The van der Waals surface area contributed by atoms with Gasteiger partial charge in [-0.25, -0.2) is 0 Å². The average Bonchev–Trinajstić information content (AvgIpc) is 2.28. The molecule has 0 aliphatic rings. The van der Waals surface area contributed by atoms with Crippen molar-refractivity contribution < 1.29 is 27.8 Å². The largest absolute Gasteiger partial charge is 0.504 e. The SMILES string of the molecule is CCOc1cc(CCOCC(F)(F)F)ccc1O. The minimum absolute atomic E-state index is 0.0109. The van der Waals surface area contributed by atoms with Crippen LogP contribution in [0.3, 0.4) is 0 Å². The lowest BCUT2D eigenvalue weighted by Crippen LogP contribution is -2.17. The predicted molar refractivity (Wildman–Crippen MR) is 59.9 cm³/mol. The molecule has 102 valence electrons. The van der Waals surface area contributed by atoms with E-state index in [9.17, 15) is 18.3 Å². The van der Waals surface area contributed by atoms with Gasteiger partial charge in [0.15, 0.2) is 11.5 Å². The molecule has 0 radical (unpaired) electrons. The predicted octanol–water partition coefficient (Wildman–Crippen LogP) is 2.91. The molecule has 0 fully saturated rings. The Morgan fingerprint density at radius 3 is 2.61 bits per heavy atom. The lowest BCUT2D eigenvalue weighted by molar-refractivity contribution is -0.173. The first-order chi connectivity index (χ1) is 8.42. The van der Waals surface area contributed by atoms with Crippen LogP contribution < -0.4 is 4.74 Å². The molecule has 0 amide bonds. The Morgan fingerprint density at radius 1 is 1.28 bits per heavy atom. The first-order valence-corrected chi connectivity index (χ1v) is 5.51. The zero-order chi connectivity index (χ0) is 13.6. The van der Waals surface area contributed by atoms with Gasteiger partial charge >= 0.3 is 6.18 Å². The number of benzene rings is 1. The van der Waals surface area contributed by atoms with Gasteiger partial charge in [0.05, 0.1) is 13.2 Å². The van der Waals surface area contributed by atoms with E-state index in [0.717, 1.165) is 5.56 Å². The molecule has 1 aromatic rings. The van der Waals surface area contributed by atoms with Crippen molar-refractivity contribution in [2.75, 3.05) is 19.8 Å². The van der Waals surface area contributed by atoms with Crippen LogP contribution in [-0.4, -0.2) is 31.1 Å². The molecule has 1 aromatic carbocycles. The van der Waals surface area contributed by atoms with Crippen LogP contribution in [-0.2, 0) is 11.2 Å². The third-order valence-electron chi connectivity index (χ3n) is 2.12. The summed E-state index contributed by atoms with van der Waals surface area (Å²) in [5, 5.41) is 9.44. The van der Waals surface area contributed by atoms with Crippen LogP contribution in [0.1, 0.15) is 12.5 Å². The standard InChI is InChI=1S/C12H15F3O3/c1-2-18-11-7-9(3-4-10(11)16)5-6-17-8-12(13,14)15/h3-4,7,16H,2,5-6,8H2,1H3. The van der Waals surface area contributed by atoms with Gasteiger partial charge in [-0.05, 0) is 31.0 Å². The van der Waals surface area contributed by atoms with Crippen molar-refractivity contribution in [2.45, 2.75) is 19.5 Å². The number of phenols is 1. The minimum atomic E-state index is -4.30. The van der Waals surface area contributed by atoms with E-state index in [0.29, 0.717) is 18.8 Å². The molecule has 1 N–H and O–H groups in total. The van der Waals surface area contributed by atoms with E-state index in [1.54, 1.807) is 19.1 Å². The molecule has 18 heavy (non-hydrogen) atoms. The second kappa shape index (κ2) is 6.49. The zero-order valence-electron chi connectivity index (χ0n) is 9.96. The lowest BCUT2D eigenvalue weighted by Gasteiger charge is -2.09. The monoisotopic (exact) mass is 264 g/mol. The molecule has 6 heteroatoms. The highest BCUT2D eigenvalue weighted by Gasteiger charge is 2.27. The highest BCUT2D eigenvalue weighted by Crippen LogP contribution is 2.27. The fourth-order valence-electron chi connectivity index (χ4n) is 1.36. The molecule has 0 unspecified atom stereocenters. The molecule has 0 spiro atoms. The van der Waals surface area contributed by atoms with E-state index >= 15 is 0 Å². The smallest absolute Gasteiger partial charge is 0.411 e.